The summed E-state index contributed by atoms with van der Waals surface area (Å²) >= 11 is 7.60. The van der Waals surface area contributed by atoms with Crippen LogP contribution >= 0.6 is 22.9 Å². The first kappa shape index (κ1) is 13.9. The van der Waals surface area contributed by atoms with Gasteiger partial charge in [0, 0.05) is 16.3 Å². The number of rotatable bonds is 4. The largest absolute Gasteiger partial charge is 0.349 e. The van der Waals surface area contributed by atoms with Crippen LogP contribution in [-0.4, -0.2) is 17.3 Å². The Kier molecular flexibility index (Phi) is 4.68. The molecule has 4 heteroatoms. The molecule has 1 N–H and O–H groups in total. The molecule has 0 radical (unpaired) electrons. The van der Waals surface area contributed by atoms with E-state index in [2.05, 4.69) is 11.4 Å². The Morgan fingerprint density at radius 3 is 2.83 bits per heavy atom. The number of hydrogen-bond acceptors (Lipinski definition) is 2. The minimum atomic E-state index is 0.0548. The average Bonchev–Trinajstić information content (AvgIpc) is 2.71. The molecule has 2 nitrogen and oxygen atoms in total. The van der Waals surface area contributed by atoms with Crippen molar-refractivity contribution < 1.29 is 4.79 Å². The van der Waals surface area contributed by atoms with Crippen molar-refractivity contribution in [1.29, 1.82) is 0 Å². The van der Waals surface area contributed by atoms with Crippen LogP contribution in [0.2, 0.25) is 0 Å². The van der Waals surface area contributed by atoms with E-state index in [1.54, 1.807) is 11.3 Å². The number of carbonyl (C=O) groups is 1. The van der Waals surface area contributed by atoms with Gasteiger partial charge in [0.1, 0.15) is 0 Å². The van der Waals surface area contributed by atoms with Gasteiger partial charge < -0.3 is 5.32 Å². The lowest BCUT2D eigenvalue weighted by Gasteiger charge is -2.14. The zero-order valence-corrected chi connectivity index (χ0v) is 12.5. The van der Waals surface area contributed by atoms with Gasteiger partial charge in [0.2, 0.25) is 0 Å². The summed E-state index contributed by atoms with van der Waals surface area (Å²) < 4.78 is 0. The zero-order valence-electron chi connectivity index (χ0n) is 11.0. The van der Waals surface area contributed by atoms with E-state index in [4.69, 9.17) is 11.6 Å². The lowest BCUT2D eigenvalue weighted by atomic mass is 9.99. The number of amides is 1. The highest BCUT2D eigenvalue weighted by Gasteiger charge is 2.18. The highest BCUT2D eigenvalue weighted by atomic mass is 35.5. The Labute approximate surface area is 118 Å². The van der Waals surface area contributed by atoms with Crippen LogP contribution < -0.4 is 5.32 Å². The maximum absolute atomic E-state index is 12.1. The standard InChI is InChI=1S/C14H20ClNOS/c1-9(15)7-10(2)16-14(17)13-8-11-5-3-4-6-12(11)18-13/h8-10H,3-7H2,1-2H3,(H,16,17). The minimum Gasteiger partial charge on any atom is -0.349 e. The van der Waals surface area contributed by atoms with E-state index >= 15 is 0 Å². The summed E-state index contributed by atoms with van der Waals surface area (Å²) in [5.41, 5.74) is 1.38. The molecule has 2 rings (SSSR count). The molecular formula is C14H20ClNOS. The van der Waals surface area contributed by atoms with Gasteiger partial charge in [0.25, 0.3) is 5.91 Å². The van der Waals surface area contributed by atoms with Crippen molar-refractivity contribution in [2.24, 2.45) is 0 Å². The maximum Gasteiger partial charge on any atom is 0.261 e. The molecule has 2 unspecified atom stereocenters. The van der Waals surface area contributed by atoms with Crippen molar-refractivity contribution in [2.45, 2.75) is 57.4 Å². The van der Waals surface area contributed by atoms with Gasteiger partial charge in [-0.25, -0.2) is 0 Å². The number of fused-ring (bicyclic) bond motifs is 1. The first-order valence-corrected chi connectivity index (χ1v) is 7.88. The lowest BCUT2D eigenvalue weighted by Crippen LogP contribution is -2.33. The Balaban J connectivity index is 1.98. The Morgan fingerprint density at radius 2 is 2.17 bits per heavy atom. The number of halogens is 1. The summed E-state index contributed by atoms with van der Waals surface area (Å²) in [4.78, 5) is 14.4. The lowest BCUT2D eigenvalue weighted by molar-refractivity contribution is 0.0942. The highest BCUT2D eigenvalue weighted by molar-refractivity contribution is 7.14. The van der Waals surface area contributed by atoms with Crippen molar-refractivity contribution in [3.63, 3.8) is 0 Å². The summed E-state index contributed by atoms with van der Waals surface area (Å²) in [6, 6.07) is 2.20. The molecule has 0 fully saturated rings. The van der Waals surface area contributed by atoms with Crippen LogP contribution in [-0.2, 0) is 12.8 Å². The SMILES string of the molecule is CC(Cl)CC(C)NC(=O)c1cc2c(s1)CCCC2. The predicted molar refractivity (Wildman–Crippen MR) is 77.8 cm³/mol. The molecule has 0 aromatic carbocycles. The number of carbonyl (C=O) groups excluding carboxylic acids is 1. The summed E-state index contributed by atoms with van der Waals surface area (Å²) in [7, 11) is 0. The second kappa shape index (κ2) is 6.07. The normalized spacial score (nSPS) is 17.9. The molecule has 1 aromatic rings. The van der Waals surface area contributed by atoms with Crippen molar-refractivity contribution in [3.8, 4) is 0 Å². The fraction of sp³-hybridized carbons (Fsp3) is 0.643. The van der Waals surface area contributed by atoms with E-state index in [-0.39, 0.29) is 17.3 Å². The summed E-state index contributed by atoms with van der Waals surface area (Å²) in [5.74, 6) is 0.0548. The molecule has 0 aliphatic heterocycles. The molecule has 18 heavy (non-hydrogen) atoms. The minimum absolute atomic E-state index is 0.0548. The van der Waals surface area contributed by atoms with Crippen molar-refractivity contribution in [2.75, 3.05) is 0 Å². The second-order valence-corrected chi connectivity index (χ2v) is 7.04. The van der Waals surface area contributed by atoms with Crippen LogP contribution in [0.4, 0.5) is 0 Å². The molecule has 1 heterocycles. The first-order valence-electron chi connectivity index (χ1n) is 6.62. The van der Waals surface area contributed by atoms with Gasteiger partial charge in [-0.1, -0.05) is 0 Å². The average molecular weight is 286 g/mol. The summed E-state index contributed by atoms with van der Waals surface area (Å²) in [5, 5.41) is 3.12. The van der Waals surface area contributed by atoms with E-state index in [9.17, 15) is 4.79 Å². The van der Waals surface area contributed by atoms with Crippen molar-refractivity contribution >= 4 is 28.8 Å². The molecule has 0 bridgehead atoms. The molecule has 1 aliphatic rings. The number of nitrogens with one attached hydrogen (secondary N) is 1. The van der Waals surface area contributed by atoms with Gasteiger partial charge in [-0.05, 0) is 57.6 Å². The number of hydrogen-bond donors (Lipinski definition) is 1. The zero-order chi connectivity index (χ0) is 13.1. The van der Waals surface area contributed by atoms with Gasteiger partial charge in [0.15, 0.2) is 0 Å². The summed E-state index contributed by atoms with van der Waals surface area (Å²) in [6.45, 7) is 3.96. The maximum atomic E-state index is 12.1. The Hall–Kier alpha value is -0.540. The quantitative estimate of drug-likeness (QED) is 0.839. The van der Waals surface area contributed by atoms with Gasteiger partial charge in [-0.15, -0.1) is 22.9 Å². The molecule has 1 aromatic heterocycles. The molecule has 2 atom stereocenters. The third kappa shape index (κ3) is 3.48. The second-order valence-electron chi connectivity index (χ2n) is 5.16. The highest BCUT2D eigenvalue weighted by Crippen LogP contribution is 2.29. The summed E-state index contributed by atoms with van der Waals surface area (Å²) in [6.07, 6.45) is 5.59. The van der Waals surface area contributed by atoms with Crippen LogP contribution in [0.1, 0.15) is 53.2 Å². The van der Waals surface area contributed by atoms with Crippen molar-refractivity contribution in [3.05, 3.63) is 21.4 Å². The number of thiophene rings is 1. The fourth-order valence-corrected chi connectivity index (χ4v) is 3.87. The molecule has 0 spiro atoms. The van der Waals surface area contributed by atoms with Gasteiger partial charge in [-0.2, -0.15) is 0 Å². The molecule has 1 amide bonds. The van der Waals surface area contributed by atoms with Gasteiger partial charge in [0.05, 0.1) is 4.88 Å². The molecular weight excluding hydrogens is 266 g/mol. The van der Waals surface area contributed by atoms with E-state index in [0.29, 0.717) is 0 Å². The van der Waals surface area contributed by atoms with Crippen LogP contribution in [0.25, 0.3) is 0 Å². The van der Waals surface area contributed by atoms with Crippen LogP contribution in [0.3, 0.4) is 0 Å². The first-order chi connectivity index (χ1) is 8.56. The third-order valence-corrected chi connectivity index (χ3v) is 4.69. The Morgan fingerprint density at radius 1 is 1.44 bits per heavy atom. The van der Waals surface area contributed by atoms with Crippen LogP contribution in [0.15, 0.2) is 6.07 Å². The number of aryl methyl sites for hydroxylation is 2. The van der Waals surface area contributed by atoms with Gasteiger partial charge in [-0.3, -0.25) is 4.79 Å². The monoisotopic (exact) mass is 285 g/mol. The van der Waals surface area contributed by atoms with Crippen LogP contribution in [0, 0.1) is 0 Å². The molecule has 1 aliphatic carbocycles. The predicted octanol–water partition coefficient (Wildman–Crippen LogP) is 3.76. The fourth-order valence-electron chi connectivity index (χ4n) is 2.44. The van der Waals surface area contributed by atoms with Crippen molar-refractivity contribution in [1.82, 2.24) is 5.32 Å². The topological polar surface area (TPSA) is 29.1 Å². The molecule has 100 valence electrons. The van der Waals surface area contributed by atoms with Crippen LogP contribution in [0.5, 0.6) is 0 Å². The van der Waals surface area contributed by atoms with E-state index in [0.717, 1.165) is 24.1 Å². The van der Waals surface area contributed by atoms with E-state index in [1.165, 1.54) is 23.3 Å². The number of alkyl halides is 1. The van der Waals surface area contributed by atoms with E-state index < -0.39 is 0 Å². The smallest absolute Gasteiger partial charge is 0.261 e. The van der Waals surface area contributed by atoms with E-state index in [1.807, 2.05) is 13.8 Å². The Bertz CT molecular complexity index is 404. The van der Waals surface area contributed by atoms with Gasteiger partial charge >= 0.3 is 0 Å². The third-order valence-electron chi connectivity index (χ3n) is 3.28. The molecule has 0 saturated carbocycles. The molecule has 0 saturated heterocycles.